The molecule has 3 aromatic carbocycles. The number of nitrogens with zero attached hydrogens (tertiary/aromatic N) is 2. The van der Waals surface area contributed by atoms with Gasteiger partial charge in [-0.25, -0.2) is 9.37 Å². The molecule has 1 heterocycles. The molecule has 0 aliphatic heterocycles. The summed E-state index contributed by atoms with van der Waals surface area (Å²) in [6.45, 7) is 4.14. The summed E-state index contributed by atoms with van der Waals surface area (Å²) in [6.07, 6.45) is 0. The van der Waals surface area contributed by atoms with E-state index >= 15 is 0 Å². The van der Waals surface area contributed by atoms with Gasteiger partial charge < -0.3 is 0 Å². The Labute approximate surface area is 140 Å². The molecule has 0 aliphatic carbocycles. The van der Waals surface area contributed by atoms with Crippen molar-refractivity contribution in [1.29, 1.82) is 0 Å². The Morgan fingerprint density at radius 2 is 1.46 bits per heavy atom. The van der Waals surface area contributed by atoms with Crippen LogP contribution in [0.4, 0.5) is 4.39 Å². The molecule has 3 heteroatoms. The van der Waals surface area contributed by atoms with Gasteiger partial charge in [-0.2, -0.15) is 0 Å². The number of benzene rings is 3. The van der Waals surface area contributed by atoms with E-state index < -0.39 is 0 Å². The van der Waals surface area contributed by atoms with E-state index in [0.29, 0.717) is 5.52 Å². The summed E-state index contributed by atoms with van der Waals surface area (Å²) in [6, 6.07) is 21.2. The van der Waals surface area contributed by atoms with Gasteiger partial charge in [0.15, 0.2) is 5.82 Å². The summed E-state index contributed by atoms with van der Waals surface area (Å²) in [5, 5.41) is 0. The average molecular weight is 316 g/mol. The van der Waals surface area contributed by atoms with Crippen molar-refractivity contribution in [1.82, 2.24) is 9.55 Å². The number of rotatable bonds is 2. The van der Waals surface area contributed by atoms with Gasteiger partial charge in [-0.15, -0.1) is 0 Å². The van der Waals surface area contributed by atoms with Gasteiger partial charge in [0.1, 0.15) is 11.3 Å². The van der Waals surface area contributed by atoms with Crippen LogP contribution in [0.3, 0.4) is 0 Å². The molecule has 0 atom stereocenters. The smallest absolute Gasteiger partial charge is 0.151 e. The van der Waals surface area contributed by atoms with E-state index in [2.05, 4.69) is 35.5 Å². The van der Waals surface area contributed by atoms with Crippen LogP contribution in [0.25, 0.3) is 28.1 Å². The molecule has 0 radical (unpaired) electrons. The number of para-hydroxylation sites is 2. The third-order valence-electron chi connectivity index (χ3n) is 4.33. The number of aryl methyl sites for hydroxylation is 2. The lowest BCUT2D eigenvalue weighted by atomic mass is 10.1. The first-order chi connectivity index (χ1) is 11.7. The van der Waals surface area contributed by atoms with Crippen LogP contribution in [0.5, 0.6) is 0 Å². The fourth-order valence-corrected chi connectivity index (χ4v) is 3.23. The minimum atomic E-state index is -0.297. The first-order valence-corrected chi connectivity index (χ1v) is 7.96. The molecule has 0 bridgehead atoms. The third-order valence-corrected chi connectivity index (χ3v) is 4.33. The highest BCUT2D eigenvalue weighted by atomic mass is 19.1. The third kappa shape index (κ3) is 2.21. The molecule has 0 N–H and O–H groups in total. The van der Waals surface area contributed by atoms with E-state index in [1.807, 2.05) is 42.5 Å². The second-order valence-corrected chi connectivity index (χ2v) is 5.98. The molecule has 4 aromatic rings. The highest BCUT2D eigenvalue weighted by molar-refractivity contribution is 5.84. The van der Waals surface area contributed by atoms with Gasteiger partial charge >= 0.3 is 0 Å². The largest absolute Gasteiger partial charge is 0.292 e. The maximum atomic E-state index is 14.3. The van der Waals surface area contributed by atoms with Crippen LogP contribution in [0, 0.1) is 19.7 Å². The van der Waals surface area contributed by atoms with Crippen LogP contribution in [-0.4, -0.2) is 9.55 Å². The molecular weight excluding hydrogens is 299 g/mol. The van der Waals surface area contributed by atoms with E-state index in [4.69, 9.17) is 0 Å². The summed E-state index contributed by atoms with van der Waals surface area (Å²) >= 11 is 0. The van der Waals surface area contributed by atoms with Crippen LogP contribution in [0.2, 0.25) is 0 Å². The molecule has 4 rings (SSSR count). The Morgan fingerprint density at radius 3 is 2.17 bits per heavy atom. The van der Waals surface area contributed by atoms with Gasteiger partial charge in [-0.1, -0.05) is 54.6 Å². The van der Waals surface area contributed by atoms with E-state index in [-0.39, 0.29) is 5.82 Å². The van der Waals surface area contributed by atoms with Crippen molar-refractivity contribution >= 4 is 11.0 Å². The van der Waals surface area contributed by atoms with E-state index in [1.165, 1.54) is 6.07 Å². The monoisotopic (exact) mass is 316 g/mol. The van der Waals surface area contributed by atoms with Crippen LogP contribution < -0.4 is 0 Å². The Bertz CT molecular complexity index is 1010. The number of fused-ring (bicyclic) bond motifs is 1. The zero-order valence-corrected chi connectivity index (χ0v) is 13.6. The molecule has 2 nitrogen and oxygen atoms in total. The highest BCUT2D eigenvalue weighted by Gasteiger charge is 2.18. The zero-order chi connectivity index (χ0) is 16.7. The van der Waals surface area contributed by atoms with Crippen molar-refractivity contribution in [3.63, 3.8) is 0 Å². The van der Waals surface area contributed by atoms with Crippen molar-refractivity contribution < 1.29 is 4.39 Å². The van der Waals surface area contributed by atoms with Crippen LogP contribution in [0.1, 0.15) is 11.1 Å². The Morgan fingerprint density at radius 1 is 0.792 bits per heavy atom. The topological polar surface area (TPSA) is 17.8 Å². The SMILES string of the molecule is Cc1cccc(C)c1-n1c(-c2ccccc2)nc2c(F)cccc21. The number of aromatic nitrogens is 2. The van der Waals surface area contributed by atoms with Gasteiger partial charge in [0.2, 0.25) is 0 Å². The minimum Gasteiger partial charge on any atom is -0.292 e. The molecule has 0 fully saturated rings. The number of halogens is 1. The summed E-state index contributed by atoms with van der Waals surface area (Å²) < 4.78 is 16.4. The first-order valence-electron chi connectivity index (χ1n) is 7.96. The Hall–Kier alpha value is -2.94. The van der Waals surface area contributed by atoms with Gasteiger partial charge in [-0.05, 0) is 37.1 Å². The van der Waals surface area contributed by atoms with Gasteiger partial charge in [0.05, 0.1) is 11.2 Å². The average Bonchev–Trinajstić information content (AvgIpc) is 2.97. The lowest BCUT2D eigenvalue weighted by Crippen LogP contribution is -2.02. The molecule has 24 heavy (non-hydrogen) atoms. The second-order valence-electron chi connectivity index (χ2n) is 5.98. The lowest BCUT2D eigenvalue weighted by molar-refractivity contribution is 0.637. The molecule has 0 unspecified atom stereocenters. The van der Waals surface area contributed by atoms with Crippen LogP contribution >= 0.6 is 0 Å². The standard InChI is InChI=1S/C21H17FN2/c1-14-8-6-9-15(2)20(14)24-18-13-7-12-17(22)19(18)23-21(24)16-10-4-3-5-11-16/h3-13H,1-2H3. The Balaban J connectivity index is 2.16. The van der Waals surface area contributed by atoms with Crippen LogP contribution in [0.15, 0.2) is 66.7 Å². The van der Waals surface area contributed by atoms with Gasteiger partial charge in [-0.3, -0.25) is 4.57 Å². The van der Waals surface area contributed by atoms with Crippen molar-refractivity contribution in [2.24, 2.45) is 0 Å². The van der Waals surface area contributed by atoms with Gasteiger partial charge in [0.25, 0.3) is 0 Å². The maximum Gasteiger partial charge on any atom is 0.151 e. The molecule has 0 saturated heterocycles. The predicted octanol–water partition coefficient (Wildman–Crippen LogP) is 5.45. The fraction of sp³-hybridized carbons (Fsp3) is 0.0952. The summed E-state index contributed by atoms with van der Waals surface area (Å²) in [4.78, 5) is 4.63. The molecule has 0 aliphatic rings. The van der Waals surface area contributed by atoms with Crippen LogP contribution in [-0.2, 0) is 0 Å². The van der Waals surface area contributed by atoms with E-state index in [1.54, 1.807) is 6.07 Å². The maximum absolute atomic E-state index is 14.3. The molecule has 118 valence electrons. The first kappa shape index (κ1) is 14.6. The predicted molar refractivity (Wildman–Crippen MR) is 95.9 cm³/mol. The van der Waals surface area contributed by atoms with Crippen molar-refractivity contribution in [2.75, 3.05) is 0 Å². The summed E-state index contributed by atoms with van der Waals surface area (Å²) in [7, 11) is 0. The van der Waals surface area contributed by atoms with Crippen molar-refractivity contribution in [3.05, 3.63) is 83.7 Å². The molecule has 0 spiro atoms. The fourth-order valence-electron chi connectivity index (χ4n) is 3.23. The molecule has 1 aromatic heterocycles. The highest BCUT2D eigenvalue weighted by Crippen LogP contribution is 2.32. The quantitative estimate of drug-likeness (QED) is 0.481. The number of hydrogen-bond acceptors (Lipinski definition) is 1. The molecular formula is C21H17FN2. The van der Waals surface area contributed by atoms with Gasteiger partial charge in [0, 0.05) is 5.56 Å². The Kier molecular flexibility index (Phi) is 3.42. The van der Waals surface area contributed by atoms with E-state index in [9.17, 15) is 4.39 Å². The number of hydrogen-bond donors (Lipinski definition) is 0. The lowest BCUT2D eigenvalue weighted by Gasteiger charge is -2.15. The summed E-state index contributed by atoms with van der Waals surface area (Å²) in [5.41, 5.74) is 5.48. The molecule has 0 amide bonds. The number of imidazole rings is 1. The van der Waals surface area contributed by atoms with Crippen molar-refractivity contribution in [3.8, 4) is 17.1 Å². The van der Waals surface area contributed by atoms with Crippen molar-refractivity contribution in [2.45, 2.75) is 13.8 Å². The zero-order valence-electron chi connectivity index (χ0n) is 13.6. The second kappa shape index (κ2) is 5.60. The minimum absolute atomic E-state index is 0.297. The summed E-state index contributed by atoms with van der Waals surface area (Å²) in [5.74, 6) is 0.461. The van der Waals surface area contributed by atoms with E-state index in [0.717, 1.165) is 33.7 Å². The normalized spacial score (nSPS) is 11.1. The molecule has 0 saturated carbocycles.